The van der Waals surface area contributed by atoms with Gasteiger partial charge in [0.15, 0.2) is 0 Å². The van der Waals surface area contributed by atoms with Crippen LogP contribution in [0.4, 0.5) is 8.78 Å². The second-order valence-electron chi connectivity index (χ2n) is 6.23. The van der Waals surface area contributed by atoms with Crippen LogP contribution in [-0.2, 0) is 0 Å². The zero-order valence-corrected chi connectivity index (χ0v) is 11.5. The summed E-state index contributed by atoms with van der Waals surface area (Å²) in [6.07, 6.45) is 5.00. The van der Waals surface area contributed by atoms with E-state index in [0.29, 0.717) is 11.8 Å². The van der Waals surface area contributed by atoms with Gasteiger partial charge in [0.05, 0.1) is 5.56 Å². The molecule has 0 radical (unpaired) electrons. The minimum atomic E-state index is -0.803. The average molecular weight is 279 g/mol. The highest BCUT2D eigenvalue weighted by Crippen LogP contribution is 2.49. The zero-order chi connectivity index (χ0) is 14.3. The highest BCUT2D eigenvalue weighted by molar-refractivity contribution is 5.94. The van der Waals surface area contributed by atoms with E-state index >= 15 is 0 Å². The molecule has 2 aliphatic rings. The smallest absolute Gasteiger partial charge is 0.254 e. The Morgan fingerprint density at radius 1 is 1.30 bits per heavy atom. The fourth-order valence-electron chi connectivity index (χ4n) is 3.97. The fourth-order valence-corrected chi connectivity index (χ4v) is 3.97. The summed E-state index contributed by atoms with van der Waals surface area (Å²) in [5.41, 5.74) is -0.0820. The van der Waals surface area contributed by atoms with Crippen LogP contribution in [0.5, 0.6) is 0 Å². The van der Waals surface area contributed by atoms with Gasteiger partial charge in [0, 0.05) is 12.1 Å². The molecular formula is C16H19F2NO. The molecule has 0 aliphatic heterocycles. The minimum Gasteiger partial charge on any atom is -0.349 e. The molecule has 2 saturated carbocycles. The summed E-state index contributed by atoms with van der Waals surface area (Å²) >= 11 is 0. The molecule has 0 heterocycles. The van der Waals surface area contributed by atoms with E-state index in [1.807, 2.05) is 6.92 Å². The lowest BCUT2D eigenvalue weighted by atomic mass is 9.84. The maximum absolute atomic E-state index is 13.6. The van der Waals surface area contributed by atoms with Gasteiger partial charge < -0.3 is 5.32 Å². The van der Waals surface area contributed by atoms with Crippen molar-refractivity contribution >= 4 is 5.91 Å². The van der Waals surface area contributed by atoms with Crippen molar-refractivity contribution in [1.82, 2.24) is 5.32 Å². The maximum atomic E-state index is 13.6. The molecule has 1 amide bonds. The average Bonchev–Trinajstić information content (AvgIpc) is 3.00. The van der Waals surface area contributed by atoms with Crippen LogP contribution in [0, 0.1) is 29.4 Å². The Labute approximate surface area is 117 Å². The van der Waals surface area contributed by atoms with Crippen molar-refractivity contribution in [2.45, 2.75) is 38.6 Å². The van der Waals surface area contributed by atoms with Crippen molar-refractivity contribution in [3.63, 3.8) is 0 Å². The van der Waals surface area contributed by atoms with E-state index in [-0.39, 0.29) is 11.6 Å². The molecule has 0 aromatic heterocycles. The maximum Gasteiger partial charge on any atom is 0.254 e. The number of amides is 1. The van der Waals surface area contributed by atoms with E-state index in [0.717, 1.165) is 24.5 Å². The number of rotatable bonds is 3. The van der Waals surface area contributed by atoms with Crippen molar-refractivity contribution in [2.24, 2.45) is 17.8 Å². The van der Waals surface area contributed by atoms with E-state index < -0.39 is 17.5 Å². The molecule has 2 fully saturated rings. The van der Waals surface area contributed by atoms with E-state index in [4.69, 9.17) is 0 Å². The van der Waals surface area contributed by atoms with E-state index in [9.17, 15) is 13.6 Å². The van der Waals surface area contributed by atoms with Crippen molar-refractivity contribution in [2.75, 3.05) is 0 Å². The summed E-state index contributed by atoms with van der Waals surface area (Å²) in [6, 6.07) is 3.10. The quantitative estimate of drug-likeness (QED) is 0.901. The molecule has 0 spiro atoms. The molecule has 2 nitrogen and oxygen atoms in total. The van der Waals surface area contributed by atoms with Crippen molar-refractivity contribution in [1.29, 1.82) is 0 Å². The topological polar surface area (TPSA) is 29.1 Å². The number of halogens is 2. The Bertz CT molecular complexity index is 531. The summed E-state index contributed by atoms with van der Waals surface area (Å²) < 4.78 is 26.4. The number of benzene rings is 1. The first-order valence-corrected chi connectivity index (χ1v) is 7.30. The highest BCUT2D eigenvalue weighted by Gasteiger charge is 2.42. The van der Waals surface area contributed by atoms with E-state index in [2.05, 4.69) is 5.32 Å². The van der Waals surface area contributed by atoms with Crippen molar-refractivity contribution in [3.05, 3.63) is 35.4 Å². The Kier molecular flexibility index (Phi) is 3.48. The van der Waals surface area contributed by atoms with Gasteiger partial charge in [-0.25, -0.2) is 8.78 Å². The van der Waals surface area contributed by atoms with Gasteiger partial charge in [-0.2, -0.15) is 0 Å². The van der Waals surface area contributed by atoms with Crippen molar-refractivity contribution in [3.8, 4) is 0 Å². The third-order valence-electron chi connectivity index (χ3n) is 4.97. The second-order valence-corrected chi connectivity index (χ2v) is 6.23. The van der Waals surface area contributed by atoms with Gasteiger partial charge in [-0.3, -0.25) is 4.79 Å². The summed E-state index contributed by atoms with van der Waals surface area (Å²) in [6.45, 7) is 1.99. The molecule has 20 heavy (non-hydrogen) atoms. The first kappa shape index (κ1) is 13.5. The van der Waals surface area contributed by atoms with Crippen LogP contribution in [-0.4, -0.2) is 11.9 Å². The number of fused-ring (bicyclic) bond motifs is 2. The number of carbonyl (C=O) groups is 1. The van der Waals surface area contributed by atoms with Crippen LogP contribution in [0.2, 0.25) is 0 Å². The van der Waals surface area contributed by atoms with Gasteiger partial charge in [0.2, 0.25) is 0 Å². The summed E-state index contributed by atoms with van der Waals surface area (Å²) in [5, 5.41) is 2.88. The number of carbonyl (C=O) groups excluding carboxylic acids is 1. The SMILES string of the molecule is C[C@@H](NC(=O)c1ccc(F)cc1F)[C@@H]1C[C@H]2CC[C@H]1C2. The molecule has 1 N–H and O–H groups in total. The molecular weight excluding hydrogens is 260 g/mol. The molecule has 2 aliphatic carbocycles. The van der Waals surface area contributed by atoms with Crippen molar-refractivity contribution < 1.29 is 13.6 Å². The van der Waals surface area contributed by atoms with Crippen LogP contribution in [0.3, 0.4) is 0 Å². The number of nitrogens with one attached hydrogen (secondary N) is 1. The van der Waals surface area contributed by atoms with Gasteiger partial charge >= 0.3 is 0 Å². The lowest BCUT2D eigenvalue weighted by molar-refractivity contribution is 0.0911. The fraction of sp³-hybridized carbons (Fsp3) is 0.562. The Balaban J connectivity index is 1.66. The third kappa shape index (κ3) is 2.43. The van der Waals surface area contributed by atoms with Gasteiger partial charge in [-0.15, -0.1) is 0 Å². The molecule has 4 heteroatoms. The zero-order valence-electron chi connectivity index (χ0n) is 11.5. The first-order valence-electron chi connectivity index (χ1n) is 7.30. The second kappa shape index (κ2) is 5.15. The summed E-state index contributed by atoms with van der Waals surface area (Å²) in [4.78, 5) is 12.1. The number of hydrogen-bond acceptors (Lipinski definition) is 1. The Hall–Kier alpha value is -1.45. The monoisotopic (exact) mass is 279 g/mol. The largest absolute Gasteiger partial charge is 0.349 e. The standard InChI is InChI=1S/C16H19F2NO/c1-9(14-7-10-2-3-11(14)6-10)19-16(20)13-5-4-12(17)8-15(13)18/h4-5,8-11,14H,2-3,6-7H2,1H3,(H,19,20)/t9-,10+,11+,14+/m1/s1. The highest BCUT2D eigenvalue weighted by atomic mass is 19.1. The molecule has 0 saturated heterocycles. The van der Waals surface area contributed by atoms with Crippen LogP contribution in [0.1, 0.15) is 43.0 Å². The van der Waals surface area contributed by atoms with Gasteiger partial charge in [0.25, 0.3) is 5.91 Å². The normalized spacial score (nSPS) is 29.4. The lowest BCUT2D eigenvalue weighted by Crippen LogP contribution is -2.40. The van der Waals surface area contributed by atoms with Gasteiger partial charge in [-0.1, -0.05) is 6.42 Å². The third-order valence-corrected chi connectivity index (χ3v) is 4.97. The first-order chi connectivity index (χ1) is 9.54. The van der Waals surface area contributed by atoms with Crippen LogP contribution in [0.25, 0.3) is 0 Å². The van der Waals surface area contributed by atoms with Gasteiger partial charge in [-0.05, 0) is 56.1 Å². The predicted molar refractivity (Wildman–Crippen MR) is 72.2 cm³/mol. The van der Waals surface area contributed by atoms with Crippen LogP contribution in [0.15, 0.2) is 18.2 Å². The Morgan fingerprint density at radius 3 is 2.70 bits per heavy atom. The molecule has 108 valence electrons. The summed E-state index contributed by atoms with van der Waals surface area (Å²) in [7, 11) is 0. The molecule has 2 bridgehead atoms. The molecule has 4 atom stereocenters. The summed E-state index contributed by atoms with van der Waals surface area (Å²) in [5.74, 6) is 0.0992. The van der Waals surface area contributed by atoms with Crippen LogP contribution >= 0.6 is 0 Å². The van der Waals surface area contributed by atoms with Crippen LogP contribution < -0.4 is 5.32 Å². The molecule has 1 aromatic rings. The molecule has 1 aromatic carbocycles. The number of hydrogen-bond donors (Lipinski definition) is 1. The lowest BCUT2D eigenvalue weighted by Gasteiger charge is -2.28. The van der Waals surface area contributed by atoms with E-state index in [1.54, 1.807) is 0 Å². The molecule has 3 rings (SSSR count). The van der Waals surface area contributed by atoms with E-state index in [1.165, 1.54) is 25.3 Å². The Morgan fingerprint density at radius 2 is 2.10 bits per heavy atom. The molecule has 0 unspecified atom stereocenters. The predicted octanol–water partition coefficient (Wildman–Crippen LogP) is 3.52. The van der Waals surface area contributed by atoms with Gasteiger partial charge in [0.1, 0.15) is 11.6 Å². The minimum absolute atomic E-state index is 0.0438.